The Morgan fingerprint density at radius 1 is 0.500 bits per heavy atom. The lowest BCUT2D eigenvalue weighted by atomic mass is 10.1. The number of fused-ring (bicyclic) bond motifs is 3. The second-order valence-electron chi connectivity index (χ2n) is 7.85. The minimum atomic E-state index is 0.640. The Morgan fingerprint density at radius 2 is 1.00 bits per heavy atom. The van der Waals surface area contributed by atoms with E-state index >= 15 is 0 Å². The molecule has 0 saturated heterocycles. The van der Waals surface area contributed by atoms with E-state index in [2.05, 4.69) is 25.1 Å². The molecule has 152 valence electrons. The summed E-state index contributed by atoms with van der Waals surface area (Å²) in [6.07, 6.45) is 0. The molecule has 0 aliphatic heterocycles. The zero-order valence-electron chi connectivity index (χ0n) is 17.5. The Labute approximate surface area is 185 Å². The Hall–Kier alpha value is -4.31. The molecule has 0 spiro atoms. The minimum Gasteiger partial charge on any atom is -0.456 e. The van der Waals surface area contributed by atoms with Crippen LogP contribution < -0.4 is 0 Å². The van der Waals surface area contributed by atoms with E-state index in [0.717, 1.165) is 38.6 Å². The van der Waals surface area contributed by atoms with Crippen molar-refractivity contribution in [1.29, 1.82) is 0 Å². The van der Waals surface area contributed by atoms with E-state index in [0.29, 0.717) is 17.5 Å². The summed E-state index contributed by atoms with van der Waals surface area (Å²) in [5, 5.41) is 2.16. The molecular weight excluding hydrogens is 394 g/mol. The van der Waals surface area contributed by atoms with Crippen LogP contribution in [0.5, 0.6) is 0 Å². The zero-order chi connectivity index (χ0) is 21.5. The SMILES string of the molecule is Cc1ccc2oc3ccc(-c4nc(-c5ccccc5)nc(-c5ccccc5)n4)cc3c2c1. The standard InChI is InChI=1S/C28H19N3O/c1-18-12-14-24-22(16-18)23-17-21(13-15-25(23)32-24)28-30-26(19-8-4-2-5-9-19)29-27(31-28)20-10-6-3-7-11-20/h2-17H,1H3. The quantitative estimate of drug-likeness (QED) is 0.311. The monoisotopic (exact) mass is 413 g/mol. The topological polar surface area (TPSA) is 51.8 Å². The predicted octanol–water partition coefficient (Wildman–Crippen LogP) is 7.08. The number of hydrogen-bond donors (Lipinski definition) is 0. The lowest BCUT2D eigenvalue weighted by Gasteiger charge is -2.08. The van der Waals surface area contributed by atoms with E-state index in [-0.39, 0.29) is 0 Å². The van der Waals surface area contributed by atoms with Crippen LogP contribution in [0.3, 0.4) is 0 Å². The van der Waals surface area contributed by atoms with Gasteiger partial charge in [0, 0.05) is 27.5 Å². The van der Waals surface area contributed by atoms with Gasteiger partial charge in [0.2, 0.25) is 0 Å². The fourth-order valence-corrected chi connectivity index (χ4v) is 3.97. The molecule has 0 aliphatic carbocycles. The van der Waals surface area contributed by atoms with Crippen molar-refractivity contribution >= 4 is 21.9 Å². The maximum absolute atomic E-state index is 6.03. The highest BCUT2D eigenvalue weighted by atomic mass is 16.3. The third-order valence-electron chi connectivity index (χ3n) is 5.58. The second kappa shape index (κ2) is 7.43. The molecule has 4 heteroatoms. The van der Waals surface area contributed by atoms with Gasteiger partial charge < -0.3 is 4.42 Å². The molecule has 0 N–H and O–H groups in total. The van der Waals surface area contributed by atoms with E-state index in [1.165, 1.54) is 5.56 Å². The number of rotatable bonds is 3. The van der Waals surface area contributed by atoms with E-state index in [4.69, 9.17) is 19.4 Å². The first-order valence-corrected chi connectivity index (χ1v) is 10.5. The Balaban J connectivity index is 1.58. The molecule has 0 amide bonds. The number of hydrogen-bond acceptors (Lipinski definition) is 4. The van der Waals surface area contributed by atoms with Crippen molar-refractivity contribution in [3.8, 4) is 34.2 Å². The molecule has 2 heterocycles. The van der Waals surface area contributed by atoms with Gasteiger partial charge in [0.1, 0.15) is 11.2 Å². The largest absolute Gasteiger partial charge is 0.456 e. The summed E-state index contributed by atoms with van der Waals surface area (Å²) in [6.45, 7) is 2.09. The first kappa shape index (κ1) is 18.5. The van der Waals surface area contributed by atoms with Crippen LogP contribution in [0.4, 0.5) is 0 Å². The van der Waals surface area contributed by atoms with Gasteiger partial charge >= 0.3 is 0 Å². The number of aromatic nitrogens is 3. The molecule has 6 aromatic rings. The highest BCUT2D eigenvalue weighted by Gasteiger charge is 2.14. The molecule has 0 aliphatic rings. The van der Waals surface area contributed by atoms with Crippen molar-refractivity contribution in [1.82, 2.24) is 15.0 Å². The molecule has 0 saturated carbocycles. The van der Waals surface area contributed by atoms with Gasteiger partial charge in [0.15, 0.2) is 17.5 Å². The summed E-state index contributed by atoms with van der Waals surface area (Å²) in [5.74, 6) is 1.95. The lowest BCUT2D eigenvalue weighted by Crippen LogP contribution is -2.00. The Bertz CT molecular complexity index is 1510. The van der Waals surface area contributed by atoms with Gasteiger partial charge in [0.05, 0.1) is 0 Å². The Kier molecular flexibility index (Phi) is 4.29. The van der Waals surface area contributed by atoms with E-state index in [9.17, 15) is 0 Å². The summed E-state index contributed by atoms with van der Waals surface area (Å²) in [6, 6.07) is 32.4. The van der Waals surface area contributed by atoms with Crippen molar-refractivity contribution in [3.05, 3.63) is 103 Å². The van der Waals surface area contributed by atoms with Crippen LogP contribution in [-0.2, 0) is 0 Å². The number of nitrogens with zero attached hydrogens (tertiary/aromatic N) is 3. The number of benzene rings is 4. The summed E-state index contributed by atoms with van der Waals surface area (Å²) in [5.41, 5.74) is 5.78. The van der Waals surface area contributed by atoms with Gasteiger partial charge in [-0.2, -0.15) is 0 Å². The van der Waals surface area contributed by atoms with Crippen LogP contribution in [0.1, 0.15) is 5.56 Å². The van der Waals surface area contributed by atoms with Gasteiger partial charge in [-0.15, -0.1) is 0 Å². The van der Waals surface area contributed by atoms with Crippen LogP contribution in [0, 0.1) is 6.92 Å². The number of furan rings is 1. The molecule has 4 nitrogen and oxygen atoms in total. The predicted molar refractivity (Wildman–Crippen MR) is 128 cm³/mol. The van der Waals surface area contributed by atoms with Crippen LogP contribution in [-0.4, -0.2) is 15.0 Å². The summed E-state index contributed by atoms with van der Waals surface area (Å²) in [7, 11) is 0. The molecule has 4 aromatic carbocycles. The molecule has 0 atom stereocenters. The third kappa shape index (κ3) is 3.22. The van der Waals surface area contributed by atoms with Gasteiger partial charge in [-0.25, -0.2) is 15.0 Å². The molecule has 0 fully saturated rings. The van der Waals surface area contributed by atoms with Crippen LogP contribution >= 0.6 is 0 Å². The van der Waals surface area contributed by atoms with E-state index in [1.54, 1.807) is 0 Å². The highest BCUT2D eigenvalue weighted by molar-refractivity contribution is 6.06. The molecule has 0 bridgehead atoms. The second-order valence-corrected chi connectivity index (χ2v) is 7.85. The summed E-state index contributed by atoms with van der Waals surface area (Å²) < 4.78 is 6.03. The van der Waals surface area contributed by atoms with Crippen molar-refractivity contribution in [2.45, 2.75) is 6.92 Å². The summed E-state index contributed by atoms with van der Waals surface area (Å²) in [4.78, 5) is 14.4. The van der Waals surface area contributed by atoms with Crippen LogP contribution in [0.2, 0.25) is 0 Å². The Morgan fingerprint density at radius 3 is 1.59 bits per heavy atom. The molecule has 2 aromatic heterocycles. The maximum Gasteiger partial charge on any atom is 0.164 e. The molecule has 32 heavy (non-hydrogen) atoms. The zero-order valence-corrected chi connectivity index (χ0v) is 17.5. The van der Waals surface area contributed by atoms with E-state index in [1.807, 2.05) is 78.9 Å². The summed E-state index contributed by atoms with van der Waals surface area (Å²) >= 11 is 0. The van der Waals surface area contributed by atoms with Gasteiger partial charge in [-0.3, -0.25) is 0 Å². The smallest absolute Gasteiger partial charge is 0.164 e. The maximum atomic E-state index is 6.03. The average molecular weight is 413 g/mol. The average Bonchev–Trinajstić information content (AvgIpc) is 3.22. The van der Waals surface area contributed by atoms with Crippen LogP contribution in [0.15, 0.2) is 101 Å². The highest BCUT2D eigenvalue weighted by Crippen LogP contribution is 2.33. The van der Waals surface area contributed by atoms with Crippen molar-refractivity contribution in [2.24, 2.45) is 0 Å². The fourth-order valence-electron chi connectivity index (χ4n) is 3.97. The van der Waals surface area contributed by atoms with Crippen molar-refractivity contribution < 1.29 is 4.42 Å². The van der Waals surface area contributed by atoms with Gasteiger partial charge in [0.25, 0.3) is 0 Å². The lowest BCUT2D eigenvalue weighted by molar-refractivity contribution is 0.669. The van der Waals surface area contributed by atoms with Crippen molar-refractivity contribution in [2.75, 3.05) is 0 Å². The van der Waals surface area contributed by atoms with Gasteiger partial charge in [-0.05, 0) is 37.3 Å². The molecular formula is C28H19N3O. The molecule has 0 unspecified atom stereocenters. The molecule has 6 rings (SSSR count). The first-order chi connectivity index (χ1) is 15.7. The van der Waals surface area contributed by atoms with E-state index < -0.39 is 0 Å². The fraction of sp³-hybridized carbons (Fsp3) is 0.0357. The minimum absolute atomic E-state index is 0.640. The third-order valence-corrected chi connectivity index (χ3v) is 5.58. The van der Waals surface area contributed by atoms with Gasteiger partial charge in [-0.1, -0.05) is 72.3 Å². The number of aryl methyl sites for hydroxylation is 1. The first-order valence-electron chi connectivity index (χ1n) is 10.5. The normalized spacial score (nSPS) is 11.3. The van der Waals surface area contributed by atoms with Crippen molar-refractivity contribution in [3.63, 3.8) is 0 Å². The van der Waals surface area contributed by atoms with Crippen LogP contribution in [0.25, 0.3) is 56.1 Å². The molecule has 0 radical (unpaired) electrons.